The maximum Gasteiger partial charge on any atom is 0.410 e. The first-order valence-corrected chi connectivity index (χ1v) is 9.25. The minimum Gasteiger partial charge on any atom is -0.481 e. The molecular weight excluding hydrogens is 342 g/mol. The van der Waals surface area contributed by atoms with E-state index in [1.165, 1.54) is 7.11 Å². The van der Waals surface area contributed by atoms with Crippen LogP contribution in [0.1, 0.15) is 43.9 Å². The first-order valence-electron chi connectivity index (χ1n) is 9.25. The van der Waals surface area contributed by atoms with E-state index in [0.717, 1.165) is 28.7 Å². The number of carbonyl (C=O) groups is 2. The molecule has 5 nitrogen and oxygen atoms in total. The van der Waals surface area contributed by atoms with Crippen molar-refractivity contribution in [3.63, 3.8) is 0 Å². The molecule has 2 aromatic carbocycles. The van der Waals surface area contributed by atoms with Crippen LogP contribution in [0.3, 0.4) is 0 Å². The van der Waals surface area contributed by atoms with Gasteiger partial charge >= 0.3 is 12.1 Å². The van der Waals surface area contributed by atoms with Crippen molar-refractivity contribution < 1.29 is 19.4 Å². The second-order valence-electron chi connectivity index (χ2n) is 7.01. The number of aliphatic carboxylic acids is 1. The maximum absolute atomic E-state index is 12.9. The highest BCUT2D eigenvalue weighted by Gasteiger charge is 2.41. The van der Waals surface area contributed by atoms with Crippen LogP contribution in [0.25, 0.3) is 11.1 Å². The molecule has 0 spiro atoms. The second kappa shape index (κ2) is 7.82. The summed E-state index contributed by atoms with van der Waals surface area (Å²) in [5.41, 5.74) is 4.15. The van der Waals surface area contributed by atoms with Crippen molar-refractivity contribution in [2.24, 2.45) is 5.92 Å². The van der Waals surface area contributed by atoms with Crippen LogP contribution in [0.2, 0.25) is 0 Å². The number of carboxylic acid groups (broad SMARTS) is 1. The molecule has 1 N–H and O–H groups in total. The van der Waals surface area contributed by atoms with Crippen LogP contribution in [0.5, 0.6) is 0 Å². The number of hydrogen-bond donors (Lipinski definition) is 1. The second-order valence-corrected chi connectivity index (χ2v) is 7.01. The minimum atomic E-state index is -0.922. The molecule has 0 unspecified atom stereocenters. The molecule has 0 heterocycles. The zero-order valence-corrected chi connectivity index (χ0v) is 15.9. The van der Waals surface area contributed by atoms with Gasteiger partial charge in [0.25, 0.3) is 0 Å². The van der Waals surface area contributed by atoms with Gasteiger partial charge in [0.05, 0.1) is 19.6 Å². The van der Waals surface area contributed by atoms with Crippen LogP contribution in [0.4, 0.5) is 4.79 Å². The summed E-state index contributed by atoms with van der Waals surface area (Å²) in [6.07, 6.45) is 0.143. The van der Waals surface area contributed by atoms with Crippen LogP contribution in [-0.4, -0.2) is 35.2 Å². The van der Waals surface area contributed by atoms with Gasteiger partial charge in [0.15, 0.2) is 0 Å². The fraction of sp³-hybridized carbons (Fsp3) is 0.364. The zero-order valence-electron chi connectivity index (χ0n) is 15.9. The third-order valence-corrected chi connectivity index (χ3v) is 5.51. The topological polar surface area (TPSA) is 66.8 Å². The molecule has 27 heavy (non-hydrogen) atoms. The standard InChI is InChI=1S/C22H25NO4/c1-4-14(2)19(13-20(24)25)23(22(26)27-3)21-17-11-7-5-9-15(17)16-10-6-8-12-18(16)21/h5-12,14,19,21H,4,13H2,1-3H3,(H,24,25)/t14-,19+/m0/s1. The van der Waals surface area contributed by atoms with E-state index < -0.39 is 18.1 Å². The number of carbonyl (C=O) groups excluding carboxylic acids is 1. The van der Waals surface area contributed by atoms with Gasteiger partial charge < -0.3 is 9.84 Å². The summed E-state index contributed by atoms with van der Waals surface area (Å²) in [5.74, 6) is -0.908. The molecule has 0 aliphatic heterocycles. The first kappa shape index (κ1) is 19.0. The highest BCUT2D eigenvalue weighted by atomic mass is 16.5. The predicted octanol–water partition coefficient (Wildman–Crippen LogP) is 4.71. The van der Waals surface area contributed by atoms with E-state index in [2.05, 4.69) is 0 Å². The number of nitrogens with zero attached hydrogens (tertiary/aromatic N) is 1. The lowest BCUT2D eigenvalue weighted by molar-refractivity contribution is -0.138. The van der Waals surface area contributed by atoms with Crippen molar-refractivity contribution in [2.75, 3.05) is 7.11 Å². The molecule has 5 heteroatoms. The van der Waals surface area contributed by atoms with Crippen LogP contribution in [0.15, 0.2) is 48.5 Å². The van der Waals surface area contributed by atoms with E-state index in [1.54, 1.807) is 4.90 Å². The Labute approximate surface area is 159 Å². The monoisotopic (exact) mass is 367 g/mol. The molecular formula is C22H25NO4. The van der Waals surface area contributed by atoms with Crippen molar-refractivity contribution in [1.82, 2.24) is 4.90 Å². The number of fused-ring (bicyclic) bond motifs is 3. The molecule has 0 fully saturated rings. The van der Waals surface area contributed by atoms with E-state index in [4.69, 9.17) is 4.74 Å². The third-order valence-electron chi connectivity index (χ3n) is 5.51. The predicted molar refractivity (Wildman–Crippen MR) is 103 cm³/mol. The van der Waals surface area contributed by atoms with Crippen molar-refractivity contribution in [3.8, 4) is 11.1 Å². The van der Waals surface area contributed by atoms with Crippen molar-refractivity contribution in [1.29, 1.82) is 0 Å². The number of carboxylic acids is 1. The smallest absolute Gasteiger partial charge is 0.410 e. The quantitative estimate of drug-likeness (QED) is 0.803. The molecule has 2 aromatic rings. The summed E-state index contributed by atoms with van der Waals surface area (Å²) in [6, 6.07) is 15.1. The van der Waals surface area contributed by atoms with Gasteiger partial charge in [-0.2, -0.15) is 0 Å². The summed E-state index contributed by atoms with van der Waals surface area (Å²) in [5, 5.41) is 9.49. The van der Waals surface area contributed by atoms with E-state index in [9.17, 15) is 14.7 Å². The minimum absolute atomic E-state index is 0.0140. The number of ether oxygens (including phenoxy) is 1. The Bertz CT molecular complexity index is 802. The van der Waals surface area contributed by atoms with Crippen LogP contribution >= 0.6 is 0 Å². The molecule has 3 rings (SSSR count). The molecule has 0 aromatic heterocycles. The Hall–Kier alpha value is -2.82. The Morgan fingerprint density at radius 3 is 2.04 bits per heavy atom. The molecule has 142 valence electrons. The first-order chi connectivity index (χ1) is 13.0. The summed E-state index contributed by atoms with van der Waals surface area (Å²) < 4.78 is 5.11. The molecule has 0 saturated heterocycles. The summed E-state index contributed by atoms with van der Waals surface area (Å²) in [4.78, 5) is 26.1. The van der Waals surface area contributed by atoms with E-state index in [1.807, 2.05) is 62.4 Å². The van der Waals surface area contributed by atoms with Crippen LogP contribution < -0.4 is 0 Å². The van der Waals surface area contributed by atoms with Crippen LogP contribution in [0, 0.1) is 5.92 Å². The lowest BCUT2D eigenvalue weighted by Gasteiger charge is -2.38. The molecule has 0 bridgehead atoms. The Balaban J connectivity index is 2.18. The molecule has 2 atom stereocenters. The van der Waals surface area contributed by atoms with Gasteiger partial charge in [-0.1, -0.05) is 68.8 Å². The Kier molecular flexibility index (Phi) is 5.49. The third kappa shape index (κ3) is 3.42. The lowest BCUT2D eigenvalue weighted by atomic mass is 9.91. The van der Waals surface area contributed by atoms with Gasteiger partial charge in [-0.05, 0) is 28.2 Å². The highest BCUT2D eigenvalue weighted by molar-refractivity contribution is 5.81. The van der Waals surface area contributed by atoms with Gasteiger partial charge in [0.2, 0.25) is 0 Å². The maximum atomic E-state index is 12.9. The van der Waals surface area contributed by atoms with Crippen molar-refractivity contribution in [2.45, 2.75) is 38.8 Å². The van der Waals surface area contributed by atoms with E-state index in [0.29, 0.717) is 0 Å². The fourth-order valence-electron chi connectivity index (χ4n) is 3.99. The van der Waals surface area contributed by atoms with Gasteiger partial charge in [-0.25, -0.2) is 4.79 Å². The average molecular weight is 367 g/mol. The Morgan fingerprint density at radius 1 is 1.07 bits per heavy atom. The molecule has 0 radical (unpaired) electrons. The lowest BCUT2D eigenvalue weighted by Crippen LogP contribution is -2.47. The fourth-order valence-corrected chi connectivity index (χ4v) is 3.99. The summed E-state index contributed by atoms with van der Waals surface area (Å²) in [7, 11) is 1.34. The van der Waals surface area contributed by atoms with Gasteiger partial charge in [-0.3, -0.25) is 9.69 Å². The van der Waals surface area contributed by atoms with Crippen LogP contribution in [-0.2, 0) is 9.53 Å². The molecule has 1 aliphatic carbocycles. The van der Waals surface area contributed by atoms with E-state index in [-0.39, 0.29) is 18.4 Å². The molecule has 1 aliphatic rings. The number of methoxy groups -OCH3 is 1. The number of hydrogen-bond acceptors (Lipinski definition) is 3. The zero-order chi connectivity index (χ0) is 19.6. The number of benzene rings is 2. The van der Waals surface area contributed by atoms with Gasteiger partial charge in [0, 0.05) is 6.04 Å². The van der Waals surface area contributed by atoms with Crippen molar-refractivity contribution in [3.05, 3.63) is 59.7 Å². The Morgan fingerprint density at radius 2 is 1.59 bits per heavy atom. The van der Waals surface area contributed by atoms with Gasteiger partial charge in [0.1, 0.15) is 0 Å². The van der Waals surface area contributed by atoms with Gasteiger partial charge in [-0.15, -0.1) is 0 Å². The summed E-state index contributed by atoms with van der Waals surface area (Å²) >= 11 is 0. The number of rotatable bonds is 6. The normalized spacial score (nSPS) is 14.8. The summed E-state index contributed by atoms with van der Waals surface area (Å²) in [6.45, 7) is 3.99. The highest BCUT2D eigenvalue weighted by Crippen LogP contribution is 2.47. The van der Waals surface area contributed by atoms with Crippen molar-refractivity contribution >= 4 is 12.1 Å². The number of amides is 1. The van der Waals surface area contributed by atoms with E-state index >= 15 is 0 Å². The molecule has 0 saturated carbocycles. The SMILES string of the molecule is CC[C@H](C)[C@@H](CC(=O)O)N(C(=O)OC)C1c2ccccc2-c2ccccc21. The average Bonchev–Trinajstić information content (AvgIpc) is 3.01. The molecule has 1 amide bonds. The largest absolute Gasteiger partial charge is 0.481 e.